The van der Waals surface area contributed by atoms with Gasteiger partial charge in [0.1, 0.15) is 0 Å². The second-order valence-corrected chi connectivity index (χ2v) is 7.66. The maximum absolute atomic E-state index is 13.0. The van der Waals surface area contributed by atoms with Crippen molar-refractivity contribution in [2.45, 2.75) is 38.9 Å². The number of amides is 1. The molecule has 0 saturated heterocycles. The van der Waals surface area contributed by atoms with Crippen LogP contribution in [0.2, 0.25) is 0 Å². The fourth-order valence-corrected chi connectivity index (χ4v) is 4.29. The second kappa shape index (κ2) is 8.94. The van der Waals surface area contributed by atoms with Gasteiger partial charge in [0.2, 0.25) is 5.91 Å². The van der Waals surface area contributed by atoms with Gasteiger partial charge in [-0.05, 0) is 56.2 Å². The number of rotatable bonds is 7. The zero-order valence-corrected chi connectivity index (χ0v) is 17.3. The number of nitriles is 1. The van der Waals surface area contributed by atoms with Gasteiger partial charge in [0.25, 0.3) is 0 Å². The van der Waals surface area contributed by atoms with Crippen LogP contribution in [0.3, 0.4) is 0 Å². The summed E-state index contributed by atoms with van der Waals surface area (Å²) >= 11 is 1.45. The number of anilines is 1. The van der Waals surface area contributed by atoms with Gasteiger partial charge in [0, 0.05) is 18.8 Å². The van der Waals surface area contributed by atoms with Gasteiger partial charge in [-0.1, -0.05) is 30.0 Å². The molecule has 0 atom stereocenters. The number of nitrogens with zero attached hydrogens (tertiary/aromatic N) is 4. The molecule has 0 unspecified atom stereocenters. The summed E-state index contributed by atoms with van der Waals surface area (Å²) < 4.78 is 2.13. The normalized spacial score (nSPS) is 10.8. The Bertz CT molecular complexity index is 1010. The highest BCUT2D eigenvalue weighted by Crippen LogP contribution is 2.26. The third kappa shape index (κ3) is 4.37. The summed E-state index contributed by atoms with van der Waals surface area (Å²) in [5.74, 6) is 0.266. The molecule has 144 valence electrons. The Labute approximate surface area is 170 Å². The molecule has 1 amide bonds. The van der Waals surface area contributed by atoms with Crippen molar-refractivity contribution in [2.24, 2.45) is 0 Å². The van der Waals surface area contributed by atoms with Gasteiger partial charge in [0.05, 0.1) is 29.3 Å². The van der Waals surface area contributed by atoms with E-state index in [1.807, 2.05) is 50.2 Å². The molecule has 1 heterocycles. The molecule has 0 spiro atoms. The van der Waals surface area contributed by atoms with Gasteiger partial charge in [-0.25, -0.2) is 4.98 Å². The minimum absolute atomic E-state index is 0.0139. The topological polar surface area (TPSA) is 61.9 Å². The molecule has 0 aliphatic rings. The van der Waals surface area contributed by atoms with Crippen LogP contribution in [0.15, 0.2) is 47.6 Å². The van der Waals surface area contributed by atoms with Crippen LogP contribution in [0.4, 0.5) is 5.69 Å². The number of aromatic nitrogens is 2. The number of imidazole rings is 1. The van der Waals surface area contributed by atoms with E-state index in [-0.39, 0.29) is 11.7 Å². The summed E-state index contributed by atoms with van der Waals surface area (Å²) in [5.41, 5.74) is 5.07. The molecule has 2 aromatic carbocycles. The number of para-hydroxylation sites is 2. The van der Waals surface area contributed by atoms with Gasteiger partial charge in [-0.2, -0.15) is 5.26 Å². The van der Waals surface area contributed by atoms with Crippen LogP contribution >= 0.6 is 11.8 Å². The zero-order chi connectivity index (χ0) is 20.1. The van der Waals surface area contributed by atoms with E-state index in [0.717, 1.165) is 39.5 Å². The highest BCUT2D eigenvalue weighted by atomic mass is 32.2. The molecule has 3 rings (SSSR count). The SMILES string of the molecule is CCn1c(SCC(=O)N(CCC#N)c2cc(C)cc(C)c2)nc2ccccc21. The molecule has 0 radical (unpaired) electrons. The van der Waals surface area contributed by atoms with E-state index in [2.05, 4.69) is 28.6 Å². The van der Waals surface area contributed by atoms with E-state index in [1.54, 1.807) is 4.90 Å². The molecule has 3 aromatic rings. The second-order valence-electron chi connectivity index (χ2n) is 6.72. The lowest BCUT2D eigenvalue weighted by Gasteiger charge is -2.22. The predicted octanol–water partition coefficient (Wildman–Crippen LogP) is 4.71. The first-order chi connectivity index (χ1) is 13.5. The first-order valence-electron chi connectivity index (χ1n) is 9.37. The summed E-state index contributed by atoms with van der Waals surface area (Å²) in [6.45, 7) is 7.30. The largest absolute Gasteiger partial charge is 0.319 e. The lowest BCUT2D eigenvalue weighted by Crippen LogP contribution is -2.33. The fourth-order valence-electron chi connectivity index (χ4n) is 3.34. The van der Waals surface area contributed by atoms with Crippen molar-refractivity contribution >= 4 is 34.4 Å². The summed E-state index contributed by atoms with van der Waals surface area (Å²) in [5, 5.41) is 9.85. The van der Waals surface area contributed by atoms with Crippen molar-refractivity contribution < 1.29 is 4.79 Å². The van der Waals surface area contributed by atoms with Crippen molar-refractivity contribution in [1.82, 2.24) is 9.55 Å². The highest BCUT2D eigenvalue weighted by molar-refractivity contribution is 7.99. The fraction of sp³-hybridized carbons (Fsp3) is 0.318. The minimum Gasteiger partial charge on any atom is -0.319 e. The Kier molecular flexibility index (Phi) is 6.37. The number of benzene rings is 2. The van der Waals surface area contributed by atoms with Gasteiger partial charge in [-0.3, -0.25) is 4.79 Å². The molecule has 28 heavy (non-hydrogen) atoms. The highest BCUT2D eigenvalue weighted by Gasteiger charge is 2.18. The van der Waals surface area contributed by atoms with Crippen molar-refractivity contribution in [2.75, 3.05) is 17.2 Å². The molecule has 0 N–H and O–H groups in total. The molecule has 0 aliphatic carbocycles. The van der Waals surface area contributed by atoms with Gasteiger partial charge in [-0.15, -0.1) is 0 Å². The van der Waals surface area contributed by atoms with E-state index in [9.17, 15) is 4.79 Å². The van der Waals surface area contributed by atoms with Crippen molar-refractivity contribution in [3.05, 3.63) is 53.6 Å². The van der Waals surface area contributed by atoms with Crippen LogP contribution in [-0.2, 0) is 11.3 Å². The number of carbonyl (C=O) groups is 1. The first kappa shape index (κ1) is 20.0. The van der Waals surface area contributed by atoms with Gasteiger partial charge in [0.15, 0.2) is 5.16 Å². The maximum Gasteiger partial charge on any atom is 0.237 e. The lowest BCUT2D eigenvalue weighted by atomic mass is 10.1. The monoisotopic (exact) mass is 392 g/mol. The Hall–Kier alpha value is -2.78. The van der Waals surface area contributed by atoms with Crippen LogP contribution in [0.25, 0.3) is 11.0 Å². The van der Waals surface area contributed by atoms with Crippen LogP contribution in [0.1, 0.15) is 24.5 Å². The molecule has 0 saturated carbocycles. The quantitative estimate of drug-likeness (QED) is 0.546. The van der Waals surface area contributed by atoms with Crippen molar-refractivity contribution in [1.29, 1.82) is 5.26 Å². The molecule has 0 bridgehead atoms. The molecule has 0 fully saturated rings. The number of aryl methyl sites for hydroxylation is 3. The minimum atomic E-state index is -0.0139. The molecule has 5 nitrogen and oxygen atoms in total. The lowest BCUT2D eigenvalue weighted by molar-refractivity contribution is -0.116. The summed E-state index contributed by atoms with van der Waals surface area (Å²) in [4.78, 5) is 19.4. The van der Waals surface area contributed by atoms with E-state index >= 15 is 0 Å². The Balaban J connectivity index is 1.82. The average molecular weight is 393 g/mol. The number of fused-ring (bicyclic) bond motifs is 1. The van der Waals surface area contributed by atoms with Crippen molar-refractivity contribution in [3.63, 3.8) is 0 Å². The molecule has 6 heteroatoms. The summed E-state index contributed by atoms with van der Waals surface area (Å²) in [7, 11) is 0. The Morgan fingerprint density at radius 1 is 1.21 bits per heavy atom. The standard InChI is InChI=1S/C22H24N4OS/c1-4-25-20-9-6-5-8-19(20)24-22(25)28-15-21(27)26(11-7-10-23)18-13-16(2)12-17(3)14-18/h5-6,8-9,12-14H,4,7,11,15H2,1-3H3. The molecular weight excluding hydrogens is 368 g/mol. The third-order valence-corrected chi connectivity index (χ3v) is 5.49. The van der Waals surface area contributed by atoms with Crippen LogP contribution < -0.4 is 4.90 Å². The van der Waals surface area contributed by atoms with E-state index < -0.39 is 0 Å². The third-order valence-electron chi connectivity index (χ3n) is 4.53. The molecule has 0 aliphatic heterocycles. The Morgan fingerprint density at radius 2 is 1.93 bits per heavy atom. The first-order valence-corrected chi connectivity index (χ1v) is 10.4. The van der Waals surface area contributed by atoms with Crippen LogP contribution in [-0.4, -0.2) is 27.8 Å². The Morgan fingerprint density at radius 3 is 2.61 bits per heavy atom. The smallest absolute Gasteiger partial charge is 0.237 e. The van der Waals surface area contributed by atoms with E-state index in [1.165, 1.54) is 11.8 Å². The number of hydrogen-bond donors (Lipinski definition) is 0. The van der Waals surface area contributed by atoms with Crippen LogP contribution in [0.5, 0.6) is 0 Å². The predicted molar refractivity (Wildman–Crippen MR) is 115 cm³/mol. The molecular formula is C22H24N4OS. The zero-order valence-electron chi connectivity index (χ0n) is 16.5. The van der Waals surface area contributed by atoms with Crippen LogP contribution in [0, 0.1) is 25.2 Å². The summed E-state index contributed by atoms with van der Waals surface area (Å²) in [6.07, 6.45) is 0.302. The van der Waals surface area contributed by atoms with E-state index in [0.29, 0.717) is 13.0 Å². The van der Waals surface area contributed by atoms with Gasteiger partial charge < -0.3 is 9.47 Å². The maximum atomic E-state index is 13.0. The number of hydrogen-bond acceptors (Lipinski definition) is 4. The number of carbonyl (C=O) groups excluding carboxylic acids is 1. The van der Waals surface area contributed by atoms with E-state index in [4.69, 9.17) is 5.26 Å². The van der Waals surface area contributed by atoms with Crippen molar-refractivity contribution in [3.8, 4) is 6.07 Å². The molecule has 1 aromatic heterocycles. The number of thioether (sulfide) groups is 1. The summed E-state index contributed by atoms with van der Waals surface area (Å²) in [6, 6.07) is 16.2. The average Bonchev–Trinajstić information content (AvgIpc) is 3.03. The van der Waals surface area contributed by atoms with Gasteiger partial charge >= 0.3 is 0 Å².